The standard InChI is InChI=1S/C16H21N5O2/c1-11-7-15(21(2)20-11)16(22)19-9-12-8-13(4-6-18-12)23-14-3-5-17-10-14/h4,6-8,14,17H,3,5,9-10H2,1-2H3,(H,19,22). The van der Waals surface area contributed by atoms with Crippen molar-refractivity contribution in [3.8, 4) is 5.75 Å². The van der Waals surface area contributed by atoms with E-state index >= 15 is 0 Å². The van der Waals surface area contributed by atoms with Gasteiger partial charge in [-0.2, -0.15) is 5.10 Å². The van der Waals surface area contributed by atoms with Crippen LogP contribution in [0, 0.1) is 6.92 Å². The van der Waals surface area contributed by atoms with Crippen molar-refractivity contribution in [2.24, 2.45) is 7.05 Å². The lowest BCUT2D eigenvalue weighted by Gasteiger charge is -2.13. The minimum Gasteiger partial charge on any atom is -0.489 e. The summed E-state index contributed by atoms with van der Waals surface area (Å²) in [5.41, 5.74) is 2.11. The van der Waals surface area contributed by atoms with Gasteiger partial charge in [0.2, 0.25) is 0 Å². The maximum atomic E-state index is 12.2. The number of carbonyl (C=O) groups is 1. The van der Waals surface area contributed by atoms with Crippen molar-refractivity contribution in [2.75, 3.05) is 13.1 Å². The molecule has 1 amide bonds. The minimum absolute atomic E-state index is 0.166. The molecule has 0 radical (unpaired) electrons. The highest BCUT2D eigenvalue weighted by Gasteiger charge is 2.16. The van der Waals surface area contributed by atoms with Crippen LogP contribution in [0.5, 0.6) is 5.75 Å². The van der Waals surface area contributed by atoms with Crippen molar-refractivity contribution in [3.05, 3.63) is 41.5 Å². The number of aryl methyl sites for hydroxylation is 2. The Hall–Kier alpha value is -2.41. The number of pyridine rings is 1. The van der Waals surface area contributed by atoms with Crippen LogP contribution in [0.3, 0.4) is 0 Å². The molecule has 1 aliphatic rings. The monoisotopic (exact) mass is 315 g/mol. The normalized spacial score (nSPS) is 17.2. The number of carbonyl (C=O) groups excluding carboxylic acids is 1. The Balaban J connectivity index is 1.59. The summed E-state index contributed by atoms with van der Waals surface area (Å²) in [7, 11) is 1.75. The molecule has 0 aromatic carbocycles. The zero-order chi connectivity index (χ0) is 16.2. The smallest absolute Gasteiger partial charge is 0.269 e. The Kier molecular flexibility index (Phi) is 4.57. The van der Waals surface area contributed by atoms with Crippen molar-refractivity contribution in [1.82, 2.24) is 25.4 Å². The predicted octanol–water partition coefficient (Wildman–Crippen LogP) is 0.794. The van der Waals surface area contributed by atoms with Crippen molar-refractivity contribution in [2.45, 2.75) is 26.0 Å². The first-order valence-electron chi connectivity index (χ1n) is 7.73. The number of amides is 1. The molecule has 1 saturated heterocycles. The van der Waals surface area contributed by atoms with E-state index in [1.165, 1.54) is 0 Å². The SMILES string of the molecule is Cc1cc(C(=O)NCc2cc(OC3CCNC3)ccn2)n(C)n1. The molecule has 0 spiro atoms. The van der Waals surface area contributed by atoms with E-state index in [9.17, 15) is 4.79 Å². The van der Waals surface area contributed by atoms with Crippen LogP contribution < -0.4 is 15.4 Å². The highest BCUT2D eigenvalue weighted by atomic mass is 16.5. The average molecular weight is 315 g/mol. The van der Waals surface area contributed by atoms with Crippen molar-refractivity contribution >= 4 is 5.91 Å². The van der Waals surface area contributed by atoms with Crippen LogP contribution in [-0.2, 0) is 13.6 Å². The molecule has 0 bridgehead atoms. The summed E-state index contributed by atoms with van der Waals surface area (Å²) in [6.07, 6.45) is 2.92. The second-order valence-corrected chi connectivity index (χ2v) is 5.69. The van der Waals surface area contributed by atoms with E-state index in [0.29, 0.717) is 12.2 Å². The third kappa shape index (κ3) is 3.87. The predicted molar refractivity (Wildman–Crippen MR) is 85.3 cm³/mol. The van der Waals surface area contributed by atoms with Crippen molar-refractivity contribution in [1.29, 1.82) is 0 Å². The topological polar surface area (TPSA) is 81.1 Å². The number of nitrogens with zero attached hydrogens (tertiary/aromatic N) is 3. The Morgan fingerprint density at radius 2 is 2.39 bits per heavy atom. The molecule has 2 aromatic heterocycles. The van der Waals surface area contributed by atoms with Crippen LogP contribution in [0.15, 0.2) is 24.4 Å². The number of hydrogen-bond donors (Lipinski definition) is 2. The van der Waals surface area contributed by atoms with Gasteiger partial charge >= 0.3 is 0 Å². The number of nitrogens with one attached hydrogen (secondary N) is 2. The molecule has 0 saturated carbocycles. The zero-order valence-electron chi connectivity index (χ0n) is 13.4. The average Bonchev–Trinajstić information content (AvgIpc) is 3.14. The van der Waals surface area contributed by atoms with Crippen molar-refractivity contribution < 1.29 is 9.53 Å². The summed E-state index contributed by atoms with van der Waals surface area (Å²) < 4.78 is 7.47. The number of aromatic nitrogens is 3. The van der Waals surface area contributed by atoms with Gasteiger partial charge in [-0.15, -0.1) is 0 Å². The van der Waals surface area contributed by atoms with Crippen LogP contribution in [0.25, 0.3) is 0 Å². The fourth-order valence-corrected chi connectivity index (χ4v) is 2.63. The van der Waals surface area contributed by atoms with Gasteiger partial charge < -0.3 is 15.4 Å². The highest BCUT2D eigenvalue weighted by Crippen LogP contribution is 2.15. The molecule has 1 fully saturated rings. The van der Waals surface area contributed by atoms with Gasteiger partial charge in [0.05, 0.1) is 17.9 Å². The van der Waals surface area contributed by atoms with Gasteiger partial charge in [0.25, 0.3) is 5.91 Å². The third-order valence-corrected chi connectivity index (χ3v) is 3.77. The minimum atomic E-state index is -0.166. The molecular weight excluding hydrogens is 294 g/mol. The Labute approximate surface area is 135 Å². The largest absolute Gasteiger partial charge is 0.489 e. The van der Waals surface area contributed by atoms with Gasteiger partial charge in [-0.25, -0.2) is 0 Å². The van der Waals surface area contributed by atoms with Gasteiger partial charge in [-0.1, -0.05) is 0 Å². The lowest BCUT2D eigenvalue weighted by molar-refractivity contribution is 0.0941. The van der Waals surface area contributed by atoms with Crippen LogP contribution in [0.1, 0.15) is 28.3 Å². The summed E-state index contributed by atoms with van der Waals surface area (Å²) in [4.78, 5) is 16.5. The summed E-state index contributed by atoms with van der Waals surface area (Å²) in [6, 6.07) is 5.47. The van der Waals surface area contributed by atoms with Crippen LogP contribution in [-0.4, -0.2) is 39.9 Å². The molecule has 122 valence electrons. The molecule has 3 heterocycles. The van der Waals surface area contributed by atoms with E-state index in [1.807, 2.05) is 19.1 Å². The highest BCUT2D eigenvalue weighted by molar-refractivity contribution is 5.92. The van der Waals surface area contributed by atoms with Gasteiger partial charge in [0.1, 0.15) is 17.5 Å². The molecule has 7 nitrogen and oxygen atoms in total. The maximum Gasteiger partial charge on any atom is 0.269 e. The zero-order valence-corrected chi connectivity index (χ0v) is 13.4. The van der Waals surface area contributed by atoms with Crippen LogP contribution in [0.4, 0.5) is 0 Å². The molecular formula is C16H21N5O2. The summed E-state index contributed by atoms with van der Waals surface area (Å²) >= 11 is 0. The Morgan fingerprint density at radius 1 is 1.52 bits per heavy atom. The summed E-state index contributed by atoms with van der Waals surface area (Å²) in [5.74, 6) is 0.621. The molecule has 2 aromatic rings. The Morgan fingerprint density at radius 3 is 3.09 bits per heavy atom. The Bertz CT molecular complexity index is 692. The van der Waals surface area contributed by atoms with E-state index in [-0.39, 0.29) is 12.0 Å². The fraction of sp³-hybridized carbons (Fsp3) is 0.438. The van der Waals surface area contributed by atoms with Gasteiger partial charge in [0, 0.05) is 25.9 Å². The number of rotatable bonds is 5. The third-order valence-electron chi connectivity index (χ3n) is 3.77. The molecule has 0 aliphatic carbocycles. The number of ether oxygens (including phenoxy) is 1. The van der Waals surface area contributed by atoms with E-state index in [4.69, 9.17) is 4.74 Å². The quantitative estimate of drug-likeness (QED) is 0.853. The molecule has 1 unspecified atom stereocenters. The van der Waals surface area contributed by atoms with E-state index < -0.39 is 0 Å². The lowest BCUT2D eigenvalue weighted by atomic mass is 10.3. The number of hydrogen-bond acceptors (Lipinski definition) is 5. The summed E-state index contributed by atoms with van der Waals surface area (Å²) in [6.45, 7) is 4.07. The van der Waals surface area contributed by atoms with Gasteiger partial charge in [-0.3, -0.25) is 14.5 Å². The lowest BCUT2D eigenvalue weighted by Crippen LogP contribution is -2.25. The van der Waals surface area contributed by atoms with Crippen LogP contribution >= 0.6 is 0 Å². The first kappa shape index (κ1) is 15.5. The van der Waals surface area contributed by atoms with E-state index in [2.05, 4.69) is 20.7 Å². The molecule has 7 heteroatoms. The van der Waals surface area contributed by atoms with Gasteiger partial charge in [0.15, 0.2) is 0 Å². The molecule has 23 heavy (non-hydrogen) atoms. The maximum absolute atomic E-state index is 12.2. The molecule has 2 N–H and O–H groups in total. The first-order valence-corrected chi connectivity index (χ1v) is 7.73. The fourth-order valence-electron chi connectivity index (χ4n) is 2.63. The second-order valence-electron chi connectivity index (χ2n) is 5.69. The molecule has 1 aliphatic heterocycles. The van der Waals surface area contributed by atoms with Gasteiger partial charge in [-0.05, 0) is 32.0 Å². The molecule has 3 rings (SSSR count). The first-order chi connectivity index (χ1) is 11.1. The van der Waals surface area contributed by atoms with E-state index in [0.717, 1.165) is 36.6 Å². The molecule has 1 atom stereocenters. The van der Waals surface area contributed by atoms with Crippen LogP contribution in [0.2, 0.25) is 0 Å². The summed E-state index contributed by atoms with van der Waals surface area (Å²) in [5, 5.41) is 10.3. The van der Waals surface area contributed by atoms with Crippen molar-refractivity contribution in [3.63, 3.8) is 0 Å². The van der Waals surface area contributed by atoms with E-state index in [1.54, 1.807) is 24.0 Å². The second kappa shape index (κ2) is 6.78.